The molecule has 2 heterocycles. The van der Waals surface area contributed by atoms with E-state index in [1.807, 2.05) is 23.1 Å². The van der Waals surface area contributed by atoms with Crippen molar-refractivity contribution in [2.75, 3.05) is 16.8 Å². The van der Waals surface area contributed by atoms with E-state index in [0.29, 0.717) is 0 Å². The first kappa shape index (κ1) is 18.9. The molecule has 3 aliphatic rings. The summed E-state index contributed by atoms with van der Waals surface area (Å²) in [5.41, 5.74) is 2.62. The third-order valence-electron chi connectivity index (χ3n) is 7.09. The Hall–Kier alpha value is -2.14. The molecule has 5 rings (SSSR count). The van der Waals surface area contributed by atoms with Crippen LogP contribution in [0.5, 0.6) is 0 Å². The number of nitrogens with zero attached hydrogens (tertiary/aromatic N) is 1. The van der Waals surface area contributed by atoms with Gasteiger partial charge in [-0.15, -0.1) is 11.3 Å². The number of hydrogen-bond donors (Lipinski definition) is 1. The van der Waals surface area contributed by atoms with E-state index < -0.39 is 5.41 Å². The highest BCUT2D eigenvalue weighted by Gasteiger charge is 2.43. The van der Waals surface area contributed by atoms with Crippen molar-refractivity contribution in [2.24, 2.45) is 5.92 Å². The SMILES string of the molecule is O=C(C1CCCC1)N1CCc2ccc(NC(=O)C3(c4cccs4)CCCC3)cc21. The molecule has 2 saturated carbocycles. The molecule has 4 nitrogen and oxygen atoms in total. The Morgan fingerprint density at radius 1 is 1.07 bits per heavy atom. The van der Waals surface area contributed by atoms with Gasteiger partial charge in [0.15, 0.2) is 0 Å². The predicted molar refractivity (Wildman–Crippen MR) is 118 cm³/mol. The van der Waals surface area contributed by atoms with Crippen LogP contribution in [0.2, 0.25) is 0 Å². The van der Waals surface area contributed by atoms with E-state index in [9.17, 15) is 9.59 Å². The maximum Gasteiger partial charge on any atom is 0.235 e. The number of carbonyl (C=O) groups excluding carboxylic acids is 2. The summed E-state index contributed by atoms with van der Waals surface area (Å²) in [6, 6.07) is 10.2. The van der Waals surface area contributed by atoms with E-state index in [1.54, 1.807) is 11.3 Å². The van der Waals surface area contributed by atoms with Crippen molar-refractivity contribution in [3.63, 3.8) is 0 Å². The number of carbonyl (C=O) groups is 2. The maximum absolute atomic E-state index is 13.4. The number of thiophene rings is 1. The van der Waals surface area contributed by atoms with E-state index in [1.165, 1.54) is 10.4 Å². The molecular weight excluding hydrogens is 380 g/mol. The second kappa shape index (κ2) is 7.60. The van der Waals surface area contributed by atoms with Crippen LogP contribution in [0.3, 0.4) is 0 Å². The first-order valence-corrected chi connectivity index (χ1v) is 11.9. The normalized spacial score (nSPS) is 20.8. The molecule has 2 aromatic rings. The number of benzene rings is 1. The molecule has 1 aliphatic heterocycles. The van der Waals surface area contributed by atoms with Gasteiger partial charge in [0.2, 0.25) is 11.8 Å². The molecule has 0 unspecified atom stereocenters. The molecule has 152 valence electrons. The quantitative estimate of drug-likeness (QED) is 0.748. The number of nitrogens with one attached hydrogen (secondary N) is 1. The summed E-state index contributed by atoms with van der Waals surface area (Å²) in [5.74, 6) is 0.555. The van der Waals surface area contributed by atoms with Gasteiger partial charge in [-0.2, -0.15) is 0 Å². The Morgan fingerprint density at radius 3 is 2.59 bits per heavy atom. The minimum absolute atomic E-state index is 0.101. The highest BCUT2D eigenvalue weighted by Crippen LogP contribution is 2.44. The molecule has 0 atom stereocenters. The average Bonchev–Trinajstić information content (AvgIpc) is 3.54. The second-order valence-electron chi connectivity index (χ2n) is 8.79. The van der Waals surface area contributed by atoms with Gasteiger partial charge in [-0.1, -0.05) is 37.8 Å². The fourth-order valence-corrected chi connectivity index (χ4v) is 6.43. The molecule has 0 radical (unpaired) electrons. The monoisotopic (exact) mass is 408 g/mol. The van der Waals surface area contributed by atoms with Crippen LogP contribution in [0, 0.1) is 5.92 Å². The highest BCUT2D eigenvalue weighted by atomic mass is 32.1. The van der Waals surface area contributed by atoms with E-state index in [-0.39, 0.29) is 17.7 Å². The summed E-state index contributed by atoms with van der Waals surface area (Å²) >= 11 is 1.68. The fourth-order valence-electron chi connectivity index (χ4n) is 5.44. The molecule has 1 aromatic carbocycles. The van der Waals surface area contributed by atoms with Gasteiger partial charge >= 0.3 is 0 Å². The topological polar surface area (TPSA) is 49.4 Å². The van der Waals surface area contributed by atoms with Gasteiger partial charge in [-0.3, -0.25) is 9.59 Å². The molecular formula is C24H28N2O2S. The summed E-state index contributed by atoms with van der Waals surface area (Å²) < 4.78 is 0. The molecule has 1 aromatic heterocycles. The van der Waals surface area contributed by atoms with Gasteiger partial charge in [-0.05, 0) is 61.2 Å². The zero-order valence-corrected chi connectivity index (χ0v) is 17.6. The summed E-state index contributed by atoms with van der Waals surface area (Å²) in [5, 5.41) is 5.26. The average molecular weight is 409 g/mol. The fraction of sp³-hybridized carbons (Fsp3) is 0.500. The first-order valence-electron chi connectivity index (χ1n) is 11.0. The second-order valence-corrected chi connectivity index (χ2v) is 9.73. The lowest BCUT2D eigenvalue weighted by atomic mass is 9.83. The minimum Gasteiger partial charge on any atom is -0.325 e. The zero-order valence-electron chi connectivity index (χ0n) is 16.8. The van der Waals surface area contributed by atoms with E-state index >= 15 is 0 Å². The van der Waals surface area contributed by atoms with Gasteiger partial charge in [0.1, 0.15) is 0 Å². The largest absolute Gasteiger partial charge is 0.325 e. The molecule has 29 heavy (non-hydrogen) atoms. The van der Waals surface area contributed by atoms with Crippen molar-refractivity contribution >= 4 is 34.5 Å². The predicted octanol–water partition coefficient (Wildman–Crippen LogP) is 5.28. The van der Waals surface area contributed by atoms with Crippen LogP contribution in [-0.2, 0) is 21.4 Å². The molecule has 2 fully saturated rings. The van der Waals surface area contributed by atoms with E-state index in [4.69, 9.17) is 0 Å². The lowest BCUT2D eigenvalue weighted by Gasteiger charge is -2.27. The van der Waals surface area contributed by atoms with Crippen molar-refractivity contribution < 1.29 is 9.59 Å². The number of amides is 2. The van der Waals surface area contributed by atoms with Crippen molar-refractivity contribution in [3.8, 4) is 0 Å². The maximum atomic E-state index is 13.4. The molecule has 0 saturated heterocycles. The van der Waals surface area contributed by atoms with Crippen LogP contribution in [0.25, 0.3) is 0 Å². The van der Waals surface area contributed by atoms with Crippen LogP contribution in [0.15, 0.2) is 35.7 Å². The lowest BCUT2D eigenvalue weighted by molar-refractivity contribution is -0.122. The molecule has 0 bridgehead atoms. The van der Waals surface area contributed by atoms with Crippen LogP contribution in [0.4, 0.5) is 11.4 Å². The van der Waals surface area contributed by atoms with Crippen molar-refractivity contribution in [1.29, 1.82) is 0 Å². The standard InChI is InChI=1S/C24H28N2O2S/c27-22(18-6-1-2-7-18)26-14-11-17-9-10-19(16-20(17)26)25-23(28)24(12-3-4-13-24)21-8-5-15-29-21/h5,8-10,15-16,18H,1-4,6-7,11-14H2,(H,25,28). The number of rotatable bonds is 4. The Bertz CT molecular complexity index is 909. The Labute approximate surface area is 176 Å². The van der Waals surface area contributed by atoms with Crippen LogP contribution in [-0.4, -0.2) is 18.4 Å². The van der Waals surface area contributed by atoms with Gasteiger partial charge in [-0.25, -0.2) is 0 Å². The Kier molecular flexibility index (Phi) is 4.94. The van der Waals surface area contributed by atoms with E-state index in [0.717, 1.165) is 75.7 Å². The van der Waals surface area contributed by atoms with Crippen molar-refractivity contribution in [2.45, 2.75) is 63.2 Å². The lowest BCUT2D eigenvalue weighted by Crippen LogP contribution is -2.37. The Balaban J connectivity index is 1.38. The molecule has 2 aliphatic carbocycles. The molecule has 1 N–H and O–H groups in total. The summed E-state index contributed by atoms with van der Waals surface area (Å²) in [6.07, 6.45) is 9.29. The summed E-state index contributed by atoms with van der Waals surface area (Å²) in [4.78, 5) is 29.5. The molecule has 0 spiro atoms. The summed E-state index contributed by atoms with van der Waals surface area (Å²) in [6.45, 7) is 0.765. The summed E-state index contributed by atoms with van der Waals surface area (Å²) in [7, 11) is 0. The van der Waals surface area contributed by atoms with Gasteiger partial charge in [0.25, 0.3) is 0 Å². The third kappa shape index (κ3) is 3.29. The number of fused-ring (bicyclic) bond motifs is 1. The number of anilines is 2. The zero-order chi connectivity index (χ0) is 19.8. The highest BCUT2D eigenvalue weighted by molar-refractivity contribution is 7.10. The van der Waals surface area contributed by atoms with Crippen LogP contribution in [0.1, 0.15) is 61.8 Å². The first-order chi connectivity index (χ1) is 14.2. The van der Waals surface area contributed by atoms with Gasteiger partial charge in [0, 0.05) is 28.7 Å². The Morgan fingerprint density at radius 2 is 1.86 bits per heavy atom. The third-order valence-corrected chi connectivity index (χ3v) is 8.17. The van der Waals surface area contributed by atoms with Crippen LogP contribution < -0.4 is 10.2 Å². The number of hydrogen-bond acceptors (Lipinski definition) is 3. The van der Waals surface area contributed by atoms with E-state index in [2.05, 4.69) is 22.8 Å². The van der Waals surface area contributed by atoms with Crippen molar-refractivity contribution in [3.05, 3.63) is 46.2 Å². The van der Waals surface area contributed by atoms with Gasteiger partial charge < -0.3 is 10.2 Å². The smallest absolute Gasteiger partial charge is 0.235 e. The minimum atomic E-state index is -0.396. The molecule has 5 heteroatoms. The molecule has 2 amide bonds. The van der Waals surface area contributed by atoms with Crippen molar-refractivity contribution in [1.82, 2.24) is 0 Å². The van der Waals surface area contributed by atoms with Gasteiger partial charge in [0.05, 0.1) is 5.41 Å². The van der Waals surface area contributed by atoms with Crippen LogP contribution >= 0.6 is 11.3 Å².